The first-order valence-electron chi connectivity index (χ1n) is 13.5. The van der Waals surface area contributed by atoms with Gasteiger partial charge in [-0.15, -0.1) is 0 Å². The van der Waals surface area contributed by atoms with Crippen LogP contribution in [0.2, 0.25) is 0 Å². The summed E-state index contributed by atoms with van der Waals surface area (Å²) in [4.78, 5) is 0. The largest absolute Gasteiger partial charge is 0.133 e. The van der Waals surface area contributed by atoms with Gasteiger partial charge in [-0.2, -0.15) is 0 Å². The molecule has 0 atom stereocenters. The fourth-order valence-electron chi connectivity index (χ4n) is 4.78. The molecule has 1 heteroatoms. The number of hydrogen-bond donors (Lipinski definition) is 0. The molecule has 0 bridgehead atoms. The molecule has 184 valence electrons. The van der Waals surface area contributed by atoms with Crippen LogP contribution in [0.15, 0.2) is 91.0 Å². The van der Waals surface area contributed by atoms with E-state index in [9.17, 15) is 0 Å². The molecule has 0 heterocycles. The first-order chi connectivity index (χ1) is 17.0. The molecule has 0 N–H and O–H groups in total. The van der Waals surface area contributed by atoms with Crippen molar-refractivity contribution in [2.75, 3.05) is 6.16 Å². The highest BCUT2D eigenvalue weighted by molar-refractivity contribution is 7.95. The van der Waals surface area contributed by atoms with Gasteiger partial charge < -0.3 is 0 Å². The molecule has 35 heavy (non-hydrogen) atoms. The van der Waals surface area contributed by atoms with Crippen molar-refractivity contribution in [2.24, 2.45) is 5.41 Å². The molecule has 0 aliphatic heterocycles. The smallest absolute Gasteiger partial charge is 0.0995 e. The molecule has 3 aromatic carbocycles. The van der Waals surface area contributed by atoms with Gasteiger partial charge in [-0.1, -0.05) is 126 Å². The van der Waals surface area contributed by atoms with Crippen LogP contribution in [-0.2, 0) is 0 Å². The molecule has 0 aliphatic rings. The molecular weight excluding hydrogens is 439 g/mol. The molecule has 0 nitrogen and oxygen atoms in total. The minimum absolute atomic E-state index is 0.486. The van der Waals surface area contributed by atoms with E-state index in [1.807, 2.05) is 0 Å². The van der Waals surface area contributed by atoms with E-state index in [1.165, 1.54) is 67.3 Å². The van der Waals surface area contributed by atoms with E-state index in [0.29, 0.717) is 5.41 Å². The summed E-state index contributed by atoms with van der Waals surface area (Å²) in [7, 11) is -1.82. The van der Waals surface area contributed by atoms with Crippen LogP contribution in [0.4, 0.5) is 0 Å². The monoisotopic (exact) mass is 483 g/mol. The summed E-state index contributed by atoms with van der Waals surface area (Å²) >= 11 is 0. The first-order valence-corrected chi connectivity index (χ1v) is 15.5. The van der Waals surface area contributed by atoms with E-state index >= 15 is 0 Å². The van der Waals surface area contributed by atoms with Gasteiger partial charge in [0.15, 0.2) is 0 Å². The summed E-state index contributed by atoms with van der Waals surface area (Å²) in [6.07, 6.45) is 12.7. The van der Waals surface area contributed by atoms with Crippen LogP contribution >= 0.6 is 7.26 Å². The zero-order valence-corrected chi connectivity index (χ0v) is 23.1. The summed E-state index contributed by atoms with van der Waals surface area (Å²) in [6, 6.07) is 33.2. The topological polar surface area (TPSA) is 0 Å². The molecule has 3 aromatic rings. The van der Waals surface area contributed by atoms with Crippen molar-refractivity contribution in [1.82, 2.24) is 0 Å². The van der Waals surface area contributed by atoms with Gasteiger partial charge in [-0.3, -0.25) is 0 Å². The molecule has 0 saturated carbocycles. The zero-order chi connectivity index (χ0) is 24.8. The zero-order valence-electron chi connectivity index (χ0n) is 22.2. The van der Waals surface area contributed by atoms with Gasteiger partial charge in [0, 0.05) is 6.42 Å². The fraction of sp³-hybridized carbons (Fsp3) is 0.412. The molecular formula is C34H44P+. The average molecular weight is 484 g/mol. The summed E-state index contributed by atoms with van der Waals surface area (Å²) < 4.78 is 0. The number of benzene rings is 3. The average Bonchev–Trinajstić information content (AvgIpc) is 2.88. The Bertz CT molecular complexity index is 923. The van der Waals surface area contributed by atoms with Gasteiger partial charge in [0.25, 0.3) is 0 Å². The highest BCUT2D eigenvalue weighted by Gasteiger charge is 2.44. The molecule has 0 unspecified atom stereocenters. The Morgan fingerprint density at radius 2 is 0.914 bits per heavy atom. The maximum absolute atomic E-state index is 3.65. The number of hydrogen-bond acceptors (Lipinski definition) is 0. The van der Waals surface area contributed by atoms with Crippen molar-refractivity contribution in [3.8, 4) is 11.8 Å². The molecule has 0 aromatic heterocycles. The van der Waals surface area contributed by atoms with Crippen LogP contribution in [-0.4, -0.2) is 6.16 Å². The van der Waals surface area contributed by atoms with Crippen molar-refractivity contribution < 1.29 is 0 Å². The lowest BCUT2D eigenvalue weighted by Crippen LogP contribution is -2.33. The summed E-state index contributed by atoms with van der Waals surface area (Å²) in [6.45, 7) is 7.04. The molecule has 0 spiro atoms. The van der Waals surface area contributed by atoms with Gasteiger partial charge in [0.05, 0.1) is 0 Å². The number of unbranched alkanes of at least 4 members (excludes halogenated alkanes) is 7. The normalized spacial score (nSPS) is 11.6. The van der Waals surface area contributed by atoms with Gasteiger partial charge in [-0.05, 0) is 54.7 Å². The Morgan fingerprint density at radius 3 is 1.34 bits per heavy atom. The Hall–Kier alpha value is -2.35. The Kier molecular flexibility index (Phi) is 11.1. The Morgan fingerprint density at radius 1 is 0.514 bits per heavy atom. The van der Waals surface area contributed by atoms with Crippen LogP contribution < -0.4 is 15.9 Å². The third-order valence-electron chi connectivity index (χ3n) is 6.76. The summed E-state index contributed by atoms with van der Waals surface area (Å²) in [5.41, 5.74) is 0.486. The van der Waals surface area contributed by atoms with Gasteiger partial charge in [0.1, 0.15) is 29.3 Å². The predicted octanol–water partition coefficient (Wildman–Crippen LogP) is 8.54. The van der Waals surface area contributed by atoms with Crippen LogP contribution in [0.1, 0.15) is 78.6 Å². The van der Waals surface area contributed by atoms with E-state index in [1.54, 1.807) is 0 Å². The van der Waals surface area contributed by atoms with Gasteiger partial charge in [0.2, 0.25) is 0 Å². The van der Waals surface area contributed by atoms with Crippen LogP contribution in [0.5, 0.6) is 0 Å². The summed E-state index contributed by atoms with van der Waals surface area (Å²) in [5.74, 6) is 7.21. The van der Waals surface area contributed by atoms with Crippen molar-refractivity contribution >= 4 is 23.2 Å². The maximum Gasteiger partial charge on any atom is 0.133 e. The van der Waals surface area contributed by atoms with Crippen molar-refractivity contribution in [3.63, 3.8) is 0 Å². The maximum atomic E-state index is 3.65. The van der Waals surface area contributed by atoms with E-state index in [2.05, 4.69) is 124 Å². The van der Waals surface area contributed by atoms with E-state index < -0.39 is 7.26 Å². The number of rotatable bonds is 12. The molecule has 0 saturated heterocycles. The van der Waals surface area contributed by atoms with E-state index in [0.717, 1.165) is 12.6 Å². The van der Waals surface area contributed by atoms with Crippen LogP contribution in [0.25, 0.3) is 0 Å². The second kappa shape index (κ2) is 14.3. The highest BCUT2D eigenvalue weighted by atomic mass is 31.2. The molecule has 3 rings (SSSR count). The standard InChI is InChI=1S/C34H44P/c1-34(2,3)29-21-10-8-6-4-5-7-9-11-22-30-35(31-23-15-12-16-24-31,32-25-17-13-18-26-32)33-27-19-14-20-28-33/h12-20,23-28H,4-10,21,29-30H2,1-3H3/q+1. The third-order valence-corrected chi connectivity index (χ3v) is 10.9. The Labute approximate surface area is 215 Å². The first kappa shape index (κ1) is 27.2. The predicted molar refractivity (Wildman–Crippen MR) is 159 cm³/mol. The van der Waals surface area contributed by atoms with Crippen LogP contribution in [0.3, 0.4) is 0 Å². The SMILES string of the molecule is CC(C)(C)CCCCCCCCCC#CC[P+](c1ccccc1)(c1ccccc1)c1ccccc1. The van der Waals surface area contributed by atoms with Crippen LogP contribution in [0, 0.1) is 17.3 Å². The van der Waals surface area contributed by atoms with E-state index in [4.69, 9.17) is 0 Å². The summed E-state index contributed by atoms with van der Waals surface area (Å²) in [5, 5.41) is 4.24. The quantitative estimate of drug-likeness (QED) is 0.138. The minimum Gasteiger partial charge on any atom is -0.0995 e. The van der Waals surface area contributed by atoms with Gasteiger partial charge in [-0.25, -0.2) is 0 Å². The second-order valence-corrected chi connectivity index (χ2v) is 14.3. The Balaban J connectivity index is 1.60. The molecule has 0 amide bonds. The van der Waals surface area contributed by atoms with E-state index in [-0.39, 0.29) is 0 Å². The third kappa shape index (κ3) is 8.67. The molecule has 0 aliphatic carbocycles. The lowest BCUT2D eigenvalue weighted by atomic mass is 9.89. The molecule has 0 radical (unpaired) electrons. The lowest BCUT2D eigenvalue weighted by molar-refractivity contribution is 0.356. The van der Waals surface area contributed by atoms with Crippen molar-refractivity contribution in [2.45, 2.75) is 78.6 Å². The minimum atomic E-state index is -1.82. The van der Waals surface area contributed by atoms with Gasteiger partial charge >= 0.3 is 0 Å². The lowest BCUT2D eigenvalue weighted by Gasteiger charge is -2.25. The molecule has 0 fully saturated rings. The highest BCUT2D eigenvalue weighted by Crippen LogP contribution is 2.54. The second-order valence-electron chi connectivity index (χ2n) is 10.9. The fourth-order valence-corrected chi connectivity index (χ4v) is 8.62. The van der Waals surface area contributed by atoms with Crippen molar-refractivity contribution in [1.29, 1.82) is 0 Å². The van der Waals surface area contributed by atoms with Crippen molar-refractivity contribution in [3.05, 3.63) is 91.0 Å².